The Morgan fingerprint density at radius 2 is 1.98 bits per heavy atom. The number of benzene rings is 2. The SMILES string of the molecule is CCc1cc(C(=O)Nc2ccc(C[C@@H](N)CC(=O)N3CCCC(c4c(C)c5cccc(F)c5n4CCCOC)C3)cc2)n(C)n1. The molecule has 0 saturated carbocycles. The molecule has 1 aliphatic rings. The molecule has 1 saturated heterocycles. The van der Waals surface area contributed by atoms with Crippen molar-refractivity contribution in [3.63, 3.8) is 0 Å². The van der Waals surface area contributed by atoms with Crippen LogP contribution in [-0.4, -0.2) is 63.9 Å². The Kier molecular flexibility index (Phi) is 10.4. The first-order valence-corrected chi connectivity index (χ1v) is 15.9. The summed E-state index contributed by atoms with van der Waals surface area (Å²) in [5, 5.41) is 8.19. The lowest BCUT2D eigenvalue weighted by Gasteiger charge is -2.34. The summed E-state index contributed by atoms with van der Waals surface area (Å²) >= 11 is 0. The summed E-state index contributed by atoms with van der Waals surface area (Å²) in [6, 6.07) is 14.3. The average Bonchev–Trinajstić information content (AvgIpc) is 3.55. The molecule has 3 N–H and O–H groups in total. The molecule has 0 bridgehead atoms. The summed E-state index contributed by atoms with van der Waals surface area (Å²) in [4.78, 5) is 28.1. The molecule has 0 aliphatic carbocycles. The average molecular weight is 617 g/mol. The van der Waals surface area contributed by atoms with E-state index >= 15 is 4.39 Å². The van der Waals surface area contributed by atoms with Crippen molar-refractivity contribution in [2.24, 2.45) is 12.8 Å². The zero-order chi connectivity index (χ0) is 32.1. The van der Waals surface area contributed by atoms with E-state index in [9.17, 15) is 9.59 Å². The number of carbonyl (C=O) groups excluding carboxylic acids is 2. The number of likely N-dealkylation sites (tertiary alicyclic amines) is 1. The number of hydrogen-bond acceptors (Lipinski definition) is 5. The van der Waals surface area contributed by atoms with Crippen LogP contribution < -0.4 is 11.1 Å². The number of para-hydroxylation sites is 1. The predicted octanol–water partition coefficient (Wildman–Crippen LogP) is 5.34. The van der Waals surface area contributed by atoms with Crippen molar-refractivity contribution in [3.8, 4) is 0 Å². The Bertz CT molecular complexity index is 1640. The highest BCUT2D eigenvalue weighted by Gasteiger charge is 2.30. The molecule has 1 aliphatic heterocycles. The standard InChI is InChI=1S/C35H45FN6O3/c1-5-27-21-31(40(3)39-27)35(44)38-28-14-12-24(13-15-28)19-26(37)20-32(43)41-16-7-9-25(22-41)33-23(2)29-10-6-11-30(36)34(29)42(33)17-8-18-45-4/h6,10-15,21,25-26H,5,7-9,16-20,22,37H2,1-4H3,(H,38,44)/t25?,26-/m1/s1. The lowest BCUT2D eigenvalue weighted by molar-refractivity contribution is -0.132. The number of nitrogens with one attached hydrogen (secondary N) is 1. The fourth-order valence-electron chi connectivity index (χ4n) is 6.67. The van der Waals surface area contributed by atoms with E-state index in [1.165, 1.54) is 6.07 Å². The van der Waals surface area contributed by atoms with Crippen LogP contribution in [0.4, 0.5) is 10.1 Å². The van der Waals surface area contributed by atoms with Gasteiger partial charge in [0.15, 0.2) is 0 Å². The molecule has 0 spiro atoms. The van der Waals surface area contributed by atoms with E-state index in [0.29, 0.717) is 49.6 Å². The first-order valence-electron chi connectivity index (χ1n) is 15.9. The van der Waals surface area contributed by atoms with Crippen LogP contribution in [0, 0.1) is 12.7 Å². The lowest BCUT2D eigenvalue weighted by atomic mass is 9.91. The predicted molar refractivity (Wildman–Crippen MR) is 175 cm³/mol. The second kappa shape index (κ2) is 14.4. The van der Waals surface area contributed by atoms with E-state index in [1.54, 1.807) is 31.0 Å². The number of ether oxygens (including phenoxy) is 1. The summed E-state index contributed by atoms with van der Waals surface area (Å²) in [6.45, 7) is 6.63. The summed E-state index contributed by atoms with van der Waals surface area (Å²) < 4.78 is 24.1. The molecule has 10 heteroatoms. The van der Waals surface area contributed by atoms with Gasteiger partial charge in [0, 0.05) is 75.5 Å². The maximum atomic E-state index is 15.1. The van der Waals surface area contributed by atoms with Crippen LogP contribution >= 0.6 is 0 Å². The quantitative estimate of drug-likeness (QED) is 0.209. The number of nitrogens with two attached hydrogens (primary N) is 1. The number of aromatic nitrogens is 3. The molecular weight excluding hydrogens is 571 g/mol. The number of nitrogens with zero attached hydrogens (tertiary/aromatic N) is 4. The Hall–Kier alpha value is -4.02. The zero-order valence-electron chi connectivity index (χ0n) is 26.8. The minimum absolute atomic E-state index is 0.0459. The van der Waals surface area contributed by atoms with E-state index in [1.807, 2.05) is 42.2 Å². The molecule has 1 unspecified atom stereocenters. The number of piperidine rings is 1. The molecule has 2 amide bonds. The van der Waals surface area contributed by atoms with E-state index < -0.39 is 0 Å². The topological polar surface area (TPSA) is 107 Å². The highest BCUT2D eigenvalue weighted by Crippen LogP contribution is 2.37. The van der Waals surface area contributed by atoms with Gasteiger partial charge < -0.3 is 25.3 Å². The molecule has 4 aromatic rings. The van der Waals surface area contributed by atoms with Crippen molar-refractivity contribution >= 4 is 28.4 Å². The monoisotopic (exact) mass is 616 g/mol. The molecule has 5 rings (SSSR count). The van der Waals surface area contributed by atoms with Gasteiger partial charge in [-0.2, -0.15) is 5.10 Å². The number of carbonyl (C=O) groups is 2. The minimum Gasteiger partial charge on any atom is -0.385 e. The second-order valence-corrected chi connectivity index (χ2v) is 12.1. The molecule has 240 valence electrons. The normalized spacial score (nSPS) is 15.9. The van der Waals surface area contributed by atoms with Crippen LogP contribution in [0.15, 0.2) is 48.5 Å². The van der Waals surface area contributed by atoms with E-state index in [-0.39, 0.29) is 36.0 Å². The van der Waals surface area contributed by atoms with Crippen molar-refractivity contribution in [2.75, 3.05) is 32.1 Å². The van der Waals surface area contributed by atoms with Gasteiger partial charge in [0.25, 0.3) is 5.91 Å². The summed E-state index contributed by atoms with van der Waals surface area (Å²) in [5.41, 5.74) is 12.4. The van der Waals surface area contributed by atoms with Crippen molar-refractivity contribution < 1.29 is 18.7 Å². The number of halogens is 1. The highest BCUT2D eigenvalue weighted by molar-refractivity contribution is 6.03. The number of methoxy groups -OCH3 is 1. The van der Waals surface area contributed by atoms with Gasteiger partial charge in [-0.3, -0.25) is 14.3 Å². The van der Waals surface area contributed by atoms with Gasteiger partial charge >= 0.3 is 0 Å². The molecule has 2 atom stereocenters. The Labute approximate surface area is 264 Å². The number of hydrogen-bond donors (Lipinski definition) is 2. The van der Waals surface area contributed by atoms with E-state index in [0.717, 1.165) is 53.6 Å². The maximum Gasteiger partial charge on any atom is 0.273 e. The summed E-state index contributed by atoms with van der Waals surface area (Å²) in [5.74, 6) is -0.265. The van der Waals surface area contributed by atoms with E-state index in [2.05, 4.69) is 21.9 Å². The number of amides is 2. The first kappa shape index (κ1) is 32.4. The Morgan fingerprint density at radius 1 is 1.20 bits per heavy atom. The van der Waals surface area contributed by atoms with Crippen molar-refractivity contribution in [2.45, 2.75) is 70.9 Å². The fourth-order valence-corrected chi connectivity index (χ4v) is 6.67. The van der Waals surface area contributed by atoms with Gasteiger partial charge in [0.05, 0.1) is 11.2 Å². The van der Waals surface area contributed by atoms with Crippen molar-refractivity contribution in [1.82, 2.24) is 19.2 Å². The molecule has 2 aromatic heterocycles. The van der Waals surface area contributed by atoms with Crippen molar-refractivity contribution in [3.05, 3.63) is 82.6 Å². The zero-order valence-corrected chi connectivity index (χ0v) is 26.8. The van der Waals surface area contributed by atoms with E-state index in [4.69, 9.17) is 10.5 Å². The molecular formula is C35H45FN6O3. The number of fused-ring (bicyclic) bond motifs is 1. The van der Waals surface area contributed by atoms with Crippen LogP contribution in [0.3, 0.4) is 0 Å². The van der Waals surface area contributed by atoms with Crippen LogP contribution in [0.5, 0.6) is 0 Å². The van der Waals surface area contributed by atoms with Gasteiger partial charge in [0.1, 0.15) is 11.5 Å². The molecule has 1 fully saturated rings. The molecule has 3 heterocycles. The van der Waals surface area contributed by atoms with Crippen LogP contribution in [0.25, 0.3) is 10.9 Å². The minimum atomic E-state index is -0.337. The number of aryl methyl sites for hydroxylation is 4. The number of rotatable bonds is 12. The van der Waals surface area contributed by atoms with Crippen LogP contribution in [0.1, 0.15) is 71.5 Å². The fraction of sp³-hybridized carbons (Fsp3) is 0.457. The van der Waals surface area contributed by atoms with Crippen molar-refractivity contribution in [1.29, 1.82) is 0 Å². The largest absolute Gasteiger partial charge is 0.385 e. The first-order chi connectivity index (χ1) is 21.7. The second-order valence-electron chi connectivity index (χ2n) is 12.1. The third kappa shape index (κ3) is 7.28. The summed E-state index contributed by atoms with van der Waals surface area (Å²) in [7, 11) is 3.44. The van der Waals surface area contributed by atoms with Crippen LogP contribution in [-0.2, 0) is 36.0 Å². The van der Waals surface area contributed by atoms with Gasteiger partial charge in [-0.25, -0.2) is 4.39 Å². The lowest BCUT2D eigenvalue weighted by Crippen LogP contribution is -2.42. The van der Waals surface area contributed by atoms with Gasteiger partial charge in [-0.1, -0.05) is 31.2 Å². The highest BCUT2D eigenvalue weighted by atomic mass is 19.1. The Balaban J connectivity index is 1.20. The molecule has 45 heavy (non-hydrogen) atoms. The third-order valence-corrected chi connectivity index (χ3v) is 8.90. The Morgan fingerprint density at radius 3 is 2.69 bits per heavy atom. The third-order valence-electron chi connectivity index (χ3n) is 8.90. The molecule has 2 aromatic carbocycles. The smallest absolute Gasteiger partial charge is 0.273 e. The molecule has 9 nitrogen and oxygen atoms in total. The number of anilines is 1. The van der Waals surface area contributed by atoms with Gasteiger partial charge in [0.2, 0.25) is 5.91 Å². The van der Waals surface area contributed by atoms with Gasteiger partial charge in [-0.15, -0.1) is 0 Å². The van der Waals surface area contributed by atoms with Crippen LogP contribution in [0.2, 0.25) is 0 Å². The summed E-state index contributed by atoms with van der Waals surface area (Å²) in [6.07, 6.45) is 4.17. The molecule has 0 radical (unpaired) electrons. The van der Waals surface area contributed by atoms with Gasteiger partial charge in [-0.05, 0) is 74.4 Å². The maximum absolute atomic E-state index is 15.1.